The molecule has 0 fully saturated rings. The minimum absolute atomic E-state index is 0.0577. The lowest BCUT2D eigenvalue weighted by molar-refractivity contribution is -0.122. The first-order valence-electron chi connectivity index (χ1n) is 12.0. The number of nitrogen functional groups attached to an aromatic ring is 1. The summed E-state index contributed by atoms with van der Waals surface area (Å²) < 4.78 is 12.2. The number of nitrogens with zero attached hydrogens (tertiary/aromatic N) is 1. The fraction of sp³-hybridized carbons (Fsp3) is 0.259. The van der Waals surface area contributed by atoms with Crippen molar-refractivity contribution in [3.05, 3.63) is 83.2 Å². The van der Waals surface area contributed by atoms with Crippen molar-refractivity contribution in [2.24, 2.45) is 5.73 Å². The standard InChI is InChI=1S/C27H31IN6O4/c1-4-37-23-13-18(7-10-22(23)38-16(2)3)24(32-20-8-5-17(6-9-20)25(29)30)27(36)34-33-26(35)21-11-12-31-15-19(21)14-28/h5-13,15-16,24,32H,4,14H2,1-3H3,(H3,29,30)(H,33,35)(H,34,36). The third kappa shape index (κ3) is 7.57. The molecule has 200 valence electrons. The summed E-state index contributed by atoms with van der Waals surface area (Å²) in [6, 6.07) is 12.8. The maximum Gasteiger partial charge on any atom is 0.270 e. The number of carbonyl (C=O) groups excluding carboxylic acids is 2. The monoisotopic (exact) mass is 630 g/mol. The molecule has 0 saturated heterocycles. The van der Waals surface area contributed by atoms with E-state index in [0.29, 0.717) is 44.9 Å². The fourth-order valence-electron chi connectivity index (χ4n) is 3.55. The predicted molar refractivity (Wildman–Crippen MR) is 155 cm³/mol. The Labute approximate surface area is 235 Å². The summed E-state index contributed by atoms with van der Waals surface area (Å²) in [6.07, 6.45) is 3.08. The number of amidine groups is 1. The van der Waals surface area contributed by atoms with Crippen LogP contribution < -0.4 is 31.4 Å². The van der Waals surface area contributed by atoms with E-state index < -0.39 is 17.9 Å². The van der Waals surface area contributed by atoms with Gasteiger partial charge in [0.15, 0.2) is 11.5 Å². The van der Waals surface area contributed by atoms with Crippen LogP contribution in [0.3, 0.4) is 0 Å². The quantitative estimate of drug-likeness (QED) is 0.0704. The van der Waals surface area contributed by atoms with Crippen molar-refractivity contribution >= 4 is 45.9 Å². The summed E-state index contributed by atoms with van der Waals surface area (Å²) in [4.78, 5) is 30.3. The van der Waals surface area contributed by atoms with E-state index in [1.54, 1.807) is 54.7 Å². The zero-order chi connectivity index (χ0) is 27.7. The lowest BCUT2D eigenvalue weighted by Crippen LogP contribution is -2.45. The van der Waals surface area contributed by atoms with Gasteiger partial charge in [-0.3, -0.25) is 30.8 Å². The van der Waals surface area contributed by atoms with Crippen LogP contribution in [0, 0.1) is 5.41 Å². The number of ether oxygens (including phenoxy) is 2. The molecular weight excluding hydrogens is 599 g/mol. The number of alkyl halides is 1. The Morgan fingerprint density at radius 2 is 1.82 bits per heavy atom. The first kappa shape index (κ1) is 28.7. The number of benzene rings is 2. The number of hydrazine groups is 1. The van der Waals surface area contributed by atoms with Crippen LogP contribution in [-0.4, -0.2) is 35.3 Å². The Morgan fingerprint density at radius 1 is 1.08 bits per heavy atom. The number of amides is 2. The zero-order valence-electron chi connectivity index (χ0n) is 21.4. The van der Waals surface area contributed by atoms with Gasteiger partial charge in [-0.2, -0.15) is 0 Å². The highest BCUT2D eigenvalue weighted by Gasteiger charge is 2.24. The highest BCUT2D eigenvalue weighted by Crippen LogP contribution is 2.33. The molecule has 0 bridgehead atoms. The molecule has 0 saturated carbocycles. The molecule has 1 unspecified atom stereocenters. The van der Waals surface area contributed by atoms with Crippen LogP contribution >= 0.6 is 22.6 Å². The normalized spacial score (nSPS) is 11.4. The van der Waals surface area contributed by atoms with Crippen molar-refractivity contribution in [1.29, 1.82) is 5.41 Å². The first-order valence-corrected chi connectivity index (χ1v) is 13.5. The van der Waals surface area contributed by atoms with Crippen molar-refractivity contribution in [3.8, 4) is 11.5 Å². The number of rotatable bonds is 11. The van der Waals surface area contributed by atoms with Crippen molar-refractivity contribution in [3.63, 3.8) is 0 Å². The van der Waals surface area contributed by atoms with Crippen molar-refractivity contribution in [2.45, 2.75) is 37.3 Å². The van der Waals surface area contributed by atoms with Gasteiger partial charge in [0.25, 0.3) is 11.8 Å². The van der Waals surface area contributed by atoms with Gasteiger partial charge in [0.05, 0.1) is 12.7 Å². The van der Waals surface area contributed by atoms with Gasteiger partial charge in [-0.15, -0.1) is 0 Å². The topological polar surface area (TPSA) is 151 Å². The smallest absolute Gasteiger partial charge is 0.270 e. The van der Waals surface area contributed by atoms with Crippen molar-refractivity contribution in [2.75, 3.05) is 11.9 Å². The average Bonchev–Trinajstić information content (AvgIpc) is 2.91. The minimum Gasteiger partial charge on any atom is -0.490 e. The fourth-order valence-corrected chi connectivity index (χ4v) is 4.16. The summed E-state index contributed by atoms with van der Waals surface area (Å²) in [5, 5.41) is 10.8. The number of hydrogen-bond acceptors (Lipinski definition) is 7. The molecule has 2 amide bonds. The molecule has 38 heavy (non-hydrogen) atoms. The molecule has 3 rings (SSSR count). The number of nitrogens with two attached hydrogens (primary N) is 1. The van der Waals surface area contributed by atoms with E-state index in [4.69, 9.17) is 20.6 Å². The van der Waals surface area contributed by atoms with Gasteiger partial charge >= 0.3 is 0 Å². The molecule has 0 aliphatic rings. The van der Waals surface area contributed by atoms with Crippen LogP contribution in [0.25, 0.3) is 0 Å². The highest BCUT2D eigenvalue weighted by atomic mass is 127. The number of anilines is 1. The maximum absolute atomic E-state index is 13.4. The summed E-state index contributed by atoms with van der Waals surface area (Å²) >= 11 is 2.15. The number of pyridine rings is 1. The first-order chi connectivity index (χ1) is 18.2. The molecule has 1 atom stereocenters. The van der Waals surface area contributed by atoms with Gasteiger partial charge in [-0.1, -0.05) is 28.7 Å². The lowest BCUT2D eigenvalue weighted by Gasteiger charge is -2.22. The molecule has 2 aromatic carbocycles. The highest BCUT2D eigenvalue weighted by molar-refractivity contribution is 14.1. The molecule has 0 spiro atoms. The van der Waals surface area contributed by atoms with Crippen LogP contribution in [0.2, 0.25) is 0 Å². The Morgan fingerprint density at radius 3 is 2.45 bits per heavy atom. The van der Waals surface area contributed by atoms with Crippen molar-refractivity contribution < 1.29 is 19.1 Å². The van der Waals surface area contributed by atoms with E-state index >= 15 is 0 Å². The second-order valence-electron chi connectivity index (χ2n) is 8.48. The summed E-state index contributed by atoms with van der Waals surface area (Å²) in [5.41, 5.74) is 13.5. The zero-order valence-corrected chi connectivity index (χ0v) is 23.5. The van der Waals surface area contributed by atoms with Crippen molar-refractivity contribution in [1.82, 2.24) is 15.8 Å². The van der Waals surface area contributed by atoms with E-state index in [1.165, 1.54) is 6.20 Å². The van der Waals surface area contributed by atoms with Gasteiger partial charge in [0.2, 0.25) is 0 Å². The molecule has 11 heteroatoms. The molecule has 1 aromatic heterocycles. The van der Waals surface area contributed by atoms with E-state index in [0.717, 1.165) is 5.56 Å². The molecule has 1 heterocycles. The molecule has 0 radical (unpaired) electrons. The Balaban J connectivity index is 1.90. The SMILES string of the molecule is CCOc1cc(C(Nc2ccc(C(=N)N)cc2)C(=O)NNC(=O)c2ccncc2CI)ccc1OC(C)C. The third-order valence-corrected chi connectivity index (χ3v) is 6.15. The van der Waals surface area contributed by atoms with E-state index in [-0.39, 0.29) is 11.9 Å². The van der Waals surface area contributed by atoms with E-state index in [9.17, 15) is 9.59 Å². The van der Waals surface area contributed by atoms with E-state index in [2.05, 4.69) is 43.7 Å². The average molecular weight is 630 g/mol. The number of hydrogen-bond donors (Lipinski definition) is 5. The Bertz CT molecular complexity index is 1280. The minimum atomic E-state index is -0.910. The largest absolute Gasteiger partial charge is 0.490 e. The van der Waals surface area contributed by atoms with E-state index in [1.807, 2.05) is 20.8 Å². The molecular formula is C27H31IN6O4. The lowest BCUT2D eigenvalue weighted by atomic mass is 10.0. The predicted octanol–water partition coefficient (Wildman–Crippen LogP) is 4.10. The van der Waals surface area contributed by atoms with Gasteiger partial charge in [-0.25, -0.2) is 0 Å². The molecule has 6 N–H and O–H groups in total. The van der Waals surface area contributed by atoms with Crippen LogP contribution in [-0.2, 0) is 9.22 Å². The number of nitrogens with one attached hydrogen (secondary N) is 4. The van der Waals surface area contributed by atoms with Crippen LogP contribution in [0.4, 0.5) is 5.69 Å². The van der Waals surface area contributed by atoms with Gasteiger partial charge in [0, 0.05) is 33.6 Å². The maximum atomic E-state index is 13.4. The Kier molecular flexibility index (Phi) is 10.3. The number of carbonyl (C=O) groups is 2. The summed E-state index contributed by atoms with van der Waals surface area (Å²) in [6.45, 7) is 6.11. The molecule has 10 nitrogen and oxygen atoms in total. The second-order valence-corrected chi connectivity index (χ2v) is 9.25. The number of aromatic nitrogens is 1. The Hall–Kier alpha value is -3.87. The third-order valence-electron chi connectivity index (χ3n) is 5.32. The molecule has 3 aromatic rings. The van der Waals surface area contributed by atoms with Crippen LogP contribution in [0.1, 0.15) is 53.9 Å². The number of halogens is 1. The second kappa shape index (κ2) is 13.6. The molecule has 0 aliphatic carbocycles. The van der Waals surface area contributed by atoms with Gasteiger partial charge in [-0.05, 0) is 74.4 Å². The summed E-state index contributed by atoms with van der Waals surface area (Å²) in [7, 11) is 0. The van der Waals surface area contributed by atoms with Crippen LogP contribution in [0.5, 0.6) is 11.5 Å². The molecule has 0 aliphatic heterocycles. The van der Waals surface area contributed by atoms with Crippen LogP contribution in [0.15, 0.2) is 60.9 Å². The summed E-state index contributed by atoms with van der Waals surface area (Å²) in [5.74, 6) is 0.0509. The van der Waals surface area contributed by atoms with Gasteiger partial charge in [0.1, 0.15) is 11.9 Å². The van der Waals surface area contributed by atoms with Gasteiger partial charge < -0.3 is 20.5 Å².